The quantitative estimate of drug-likeness (QED) is 0.627. The molecule has 0 aliphatic carbocycles. The zero-order chi connectivity index (χ0) is 9.12. The Morgan fingerprint density at radius 3 is 2.18 bits per heavy atom. The van der Waals surface area contributed by atoms with Gasteiger partial charge in [-0.05, 0) is 27.0 Å². The largest absolute Gasteiger partial charge is 0.371 e. The highest BCUT2D eigenvalue weighted by Gasteiger charge is 2.30. The van der Waals surface area contributed by atoms with Crippen LogP contribution in [0, 0.1) is 0 Å². The Kier molecular flexibility index (Phi) is 3.07. The van der Waals surface area contributed by atoms with E-state index in [0.717, 1.165) is 0 Å². The molecule has 0 atom stereocenters. The molecule has 4 nitrogen and oxygen atoms in total. The van der Waals surface area contributed by atoms with E-state index in [1.807, 2.05) is 0 Å². The number of hydrogen-bond acceptors (Lipinski definition) is 3. The minimum atomic E-state index is -4.04. The first-order valence-corrected chi connectivity index (χ1v) is 4.61. The number of nitrogens with one attached hydrogen (secondary N) is 1. The molecule has 0 aliphatic heterocycles. The lowest BCUT2D eigenvalue weighted by Gasteiger charge is -2.20. The van der Waals surface area contributed by atoms with Crippen molar-refractivity contribution in [2.75, 3.05) is 0 Å². The lowest BCUT2D eigenvalue weighted by molar-refractivity contribution is 0.427. The van der Waals surface area contributed by atoms with Crippen LogP contribution in [0.25, 0.3) is 0 Å². The zero-order valence-electron chi connectivity index (χ0n) is 6.83. The second-order valence-electron chi connectivity index (χ2n) is 2.63. The van der Waals surface area contributed by atoms with Gasteiger partial charge in [0, 0.05) is 0 Å². The molecule has 0 unspecified atom stereocenters. The minimum absolute atomic E-state index is 1.32. The summed E-state index contributed by atoms with van der Waals surface area (Å²) in [6.07, 6.45) is 3.11. The van der Waals surface area contributed by atoms with Crippen LogP contribution in [-0.4, -0.2) is 17.8 Å². The fraction of sp³-hybridized carbons (Fsp3) is 0.667. The third-order valence-corrected chi connectivity index (χ3v) is 2.65. The lowest BCUT2D eigenvalue weighted by atomic mass is 10.4. The molecule has 2 N–H and O–H groups in total. The maximum absolute atomic E-state index is 10.6. The smallest absolute Gasteiger partial charge is 0.288 e. The Hall–Kier alpha value is -0.550. The van der Waals surface area contributed by atoms with E-state index in [4.69, 9.17) is 4.55 Å². The van der Waals surface area contributed by atoms with Crippen LogP contribution in [0.4, 0.5) is 0 Å². The van der Waals surface area contributed by atoms with Gasteiger partial charge in [0.15, 0.2) is 4.87 Å². The van der Waals surface area contributed by atoms with Gasteiger partial charge in [-0.3, -0.25) is 4.55 Å². The summed E-state index contributed by atoms with van der Waals surface area (Å²) in [5, 5.41) is 2.53. The topological polar surface area (TPSA) is 66.4 Å². The van der Waals surface area contributed by atoms with Crippen LogP contribution >= 0.6 is 0 Å². The summed E-state index contributed by atoms with van der Waals surface area (Å²) in [7, 11) is -4.04. The van der Waals surface area contributed by atoms with Crippen molar-refractivity contribution >= 4 is 10.1 Å². The van der Waals surface area contributed by atoms with Crippen molar-refractivity contribution in [1.29, 1.82) is 0 Å². The molecular weight excluding hydrogens is 166 g/mol. The Labute approximate surface area is 67.1 Å². The molecule has 0 radical (unpaired) electrons. The average Bonchev–Trinajstić information content (AvgIpc) is 1.81. The molecule has 0 saturated carbocycles. The van der Waals surface area contributed by atoms with E-state index < -0.39 is 15.0 Å². The zero-order valence-corrected chi connectivity index (χ0v) is 7.64. The highest BCUT2D eigenvalue weighted by molar-refractivity contribution is 7.87. The van der Waals surface area contributed by atoms with Gasteiger partial charge in [-0.25, -0.2) is 0 Å². The third kappa shape index (κ3) is 2.90. The summed E-state index contributed by atoms with van der Waals surface area (Å²) in [6, 6.07) is 0. The van der Waals surface area contributed by atoms with E-state index in [-0.39, 0.29) is 0 Å². The molecule has 0 amide bonds. The molecule has 0 spiro atoms. The van der Waals surface area contributed by atoms with Crippen molar-refractivity contribution in [1.82, 2.24) is 5.32 Å². The van der Waals surface area contributed by atoms with Crippen LogP contribution in [-0.2, 0) is 10.1 Å². The van der Waals surface area contributed by atoms with Crippen molar-refractivity contribution in [3.8, 4) is 0 Å². The van der Waals surface area contributed by atoms with Crippen molar-refractivity contribution < 1.29 is 13.0 Å². The molecule has 0 saturated heterocycles. The van der Waals surface area contributed by atoms with Crippen LogP contribution in [0.1, 0.15) is 20.8 Å². The van der Waals surface area contributed by atoms with Gasteiger partial charge >= 0.3 is 0 Å². The van der Waals surface area contributed by atoms with Crippen molar-refractivity contribution in [2.24, 2.45) is 0 Å². The molecule has 5 heteroatoms. The first-order valence-electron chi connectivity index (χ1n) is 3.17. The average molecular weight is 179 g/mol. The van der Waals surface area contributed by atoms with Gasteiger partial charge in [0.25, 0.3) is 10.1 Å². The first-order chi connectivity index (χ1) is 4.81. The molecular formula is C6H13NO3S. The Morgan fingerprint density at radius 1 is 1.45 bits per heavy atom. The first kappa shape index (κ1) is 10.4. The predicted molar refractivity (Wildman–Crippen MR) is 43.6 cm³/mol. The molecule has 0 aromatic heterocycles. The van der Waals surface area contributed by atoms with E-state index >= 15 is 0 Å². The fourth-order valence-corrected chi connectivity index (χ4v) is 0.575. The monoisotopic (exact) mass is 179 g/mol. The van der Waals surface area contributed by atoms with Crippen molar-refractivity contribution in [3.63, 3.8) is 0 Å². The molecule has 0 bridgehead atoms. The summed E-state index contributed by atoms with van der Waals surface area (Å²) in [5.74, 6) is 0. The summed E-state index contributed by atoms with van der Waals surface area (Å²) in [4.78, 5) is -1.32. The van der Waals surface area contributed by atoms with Crippen LogP contribution in [0.2, 0.25) is 0 Å². The summed E-state index contributed by atoms with van der Waals surface area (Å²) >= 11 is 0. The SMILES string of the molecule is CC=CNC(C)(C)S(=O)(=O)O. The molecule has 0 aromatic carbocycles. The molecule has 11 heavy (non-hydrogen) atoms. The van der Waals surface area contributed by atoms with E-state index in [2.05, 4.69) is 5.32 Å². The number of hydrogen-bond donors (Lipinski definition) is 2. The van der Waals surface area contributed by atoms with E-state index in [9.17, 15) is 8.42 Å². The molecule has 0 fully saturated rings. The van der Waals surface area contributed by atoms with Gasteiger partial charge in [-0.2, -0.15) is 8.42 Å². The molecule has 0 heterocycles. The molecule has 0 rings (SSSR count). The van der Waals surface area contributed by atoms with Crippen LogP contribution in [0.5, 0.6) is 0 Å². The van der Waals surface area contributed by atoms with Crippen LogP contribution < -0.4 is 5.32 Å². The van der Waals surface area contributed by atoms with Crippen LogP contribution in [0.15, 0.2) is 12.3 Å². The lowest BCUT2D eigenvalue weighted by Crippen LogP contribution is -2.43. The predicted octanol–water partition coefficient (Wildman–Crippen LogP) is 0.734. The molecule has 66 valence electrons. The second kappa shape index (κ2) is 3.23. The van der Waals surface area contributed by atoms with E-state index in [1.54, 1.807) is 13.0 Å². The Balaban J connectivity index is 4.48. The maximum atomic E-state index is 10.6. The van der Waals surface area contributed by atoms with Crippen molar-refractivity contribution in [2.45, 2.75) is 25.6 Å². The van der Waals surface area contributed by atoms with E-state index in [0.29, 0.717) is 0 Å². The minimum Gasteiger partial charge on any atom is -0.371 e. The van der Waals surface area contributed by atoms with Crippen LogP contribution in [0.3, 0.4) is 0 Å². The van der Waals surface area contributed by atoms with Crippen molar-refractivity contribution in [3.05, 3.63) is 12.3 Å². The Bertz CT molecular complexity index is 241. The van der Waals surface area contributed by atoms with Gasteiger partial charge in [0.1, 0.15) is 0 Å². The summed E-state index contributed by atoms with van der Waals surface area (Å²) in [5.41, 5.74) is 0. The van der Waals surface area contributed by atoms with Gasteiger partial charge in [-0.1, -0.05) is 6.08 Å². The number of allylic oxidation sites excluding steroid dienone is 1. The summed E-state index contributed by atoms with van der Waals surface area (Å²) in [6.45, 7) is 4.50. The highest BCUT2D eigenvalue weighted by Crippen LogP contribution is 2.09. The maximum Gasteiger partial charge on any atom is 0.288 e. The highest BCUT2D eigenvalue weighted by atomic mass is 32.2. The van der Waals surface area contributed by atoms with Gasteiger partial charge in [0.2, 0.25) is 0 Å². The fourth-order valence-electron chi connectivity index (χ4n) is 0.358. The van der Waals surface area contributed by atoms with E-state index in [1.165, 1.54) is 20.0 Å². The van der Waals surface area contributed by atoms with Gasteiger partial charge < -0.3 is 5.32 Å². The second-order valence-corrected chi connectivity index (χ2v) is 4.60. The normalized spacial score (nSPS) is 13.8. The van der Waals surface area contributed by atoms with Gasteiger partial charge in [0.05, 0.1) is 0 Å². The standard InChI is InChI=1S/C6H13NO3S/c1-4-5-7-6(2,3)11(8,9)10/h4-5,7H,1-3H3,(H,8,9,10). The van der Waals surface area contributed by atoms with Gasteiger partial charge in [-0.15, -0.1) is 0 Å². The Morgan fingerprint density at radius 2 is 1.91 bits per heavy atom. The molecule has 0 aromatic rings. The number of rotatable bonds is 3. The third-order valence-electron chi connectivity index (χ3n) is 1.24. The molecule has 0 aliphatic rings. The summed E-state index contributed by atoms with van der Waals surface area (Å²) < 4.78 is 29.9.